The number of rotatable bonds is 11. The molecule has 0 aliphatic heterocycles. The van der Waals surface area contributed by atoms with Gasteiger partial charge in [0.25, 0.3) is 0 Å². The van der Waals surface area contributed by atoms with E-state index in [0.29, 0.717) is 0 Å². The maximum absolute atomic E-state index is 2.53. The van der Waals surface area contributed by atoms with Crippen molar-refractivity contribution in [2.75, 3.05) is 9.80 Å². The molecule has 0 bridgehead atoms. The first-order valence-electron chi connectivity index (χ1n) is 44.4. The van der Waals surface area contributed by atoms with E-state index in [1.807, 2.05) is 0 Å². The number of anilines is 6. The van der Waals surface area contributed by atoms with Crippen LogP contribution in [0.25, 0.3) is 55.6 Å². The van der Waals surface area contributed by atoms with Crippen LogP contribution in [0, 0.1) is 0 Å². The molecule has 6 aliphatic rings. The molecule has 126 heavy (non-hydrogen) atoms. The Morgan fingerprint density at radius 1 is 0.135 bits per heavy atom. The fourth-order valence-electron chi connectivity index (χ4n) is 24.0. The second-order valence-corrected chi connectivity index (χ2v) is 35.9. The van der Waals surface area contributed by atoms with E-state index in [1.165, 1.54) is 167 Å². The van der Waals surface area contributed by atoms with Crippen molar-refractivity contribution in [2.45, 2.75) is 60.2 Å². The normalized spacial score (nSPS) is 15.0. The number of hydrogen-bond donors (Lipinski definition) is 0. The standard InChI is InChI=1S/C65H47N.C59H43N/c1-63(2)55-28-14-12-26-51(55)53-40-38-49(42-61(53)63)66(48-36-34-45(35-37-48)44-20-6-3-7-21-44)50-39-41-54-52-27-13-15-29-56(52)65(62(54)43-50)59-32-18-16-30-57(59)64(46-22-8-4-9-23-46,47-24-10-5-11-25-47)58-31-17-19-33-60(58)65;1-57(2)49-28-14-12-26-45(49)47-36-34-43(38-55(47)57)60(42-24-10-5-11-25-42)44-35-37-48-46-27-13-15-29-50(46)59(56(48)39-44)53-32-18-16-30-51(53)58(40-20-6-3-7-21-40,41-22-8-4-9-23-41)52-31-17-19-33-54(52)59/h3-43H,1-2H3;3-39H,1-2H3. The topological polar surface area (TPSA) is 6.48 Å². The van der Waals surface area contributed by atoms with Gasteiger partial charge in [-0.25, -0.2) is 0 Å². The smallest absolute Gasteiger partial charge is 0.0720 e. The summed E-state index contributed by atoms with van der Waals surface area (Å²) in [5.74, 6) is 0. The van der Waals surface area contributed by atoms with E-state index in [1.54, 1.807) is 0 Å². The summed E-state index contributed by atoms with van der Waals surface area (Å²) in [4.78, 5) is 4.96. The van der Waals surface area contributed by atoms with Crippen LogP contribution in [-0.4, -0.2) is 0 Å². The molecule has 0 saturated carbocycles. The van der Waals surface area contributed by atoms with Gasteiger partial charge in [0.15, 0.2) is 0 Å². The van der Waals surface area contributed by atoms with E-state index < -0.39 is 21.7 Å². The second kappa shape index (κ2) is 28.7. The highest BCUT2D eigenvalue weighted by Crippen LogP contribution is 2.68. The van der Waals surface area contributed by atoms with Crippen LogP contribution in [0.15, 0.2) is 473 Å². The summed E-state index contributed by atoms with van der Waals surface area (Å²) in [6.07, 6.45) is 0. The molecule has 0 saturated heterocycles. The van der Waals surface area contributed by atoms with Gasteiger partial charge >= 0.3 is 0 Å². The Kier molecular flexibility index (Phi) is 17.0. The minimum atomic E-state index is -0.605. The summed E-state index contributed by atoms with van der Waals surface area (Å²) in [6, 6.07) is 178. The number of hydrogen-bond acceptors (Lipinski definition) is 2. The molecule has 0 N–H and O–H groups in total. The molecule has 19 aromatic carbocycles. The SMILES string of the molecule is CC1(C)c2ccccc2-c2ccc(N(c3ccc(-c4ccccc4)cc3)c3ccc4c(c3)C3(c5ccccc5-4)c4ccccc4C(c4ccccc4)(c4ccccc4)c4ccccc43)cc21.CC1(C)c2ccccc2-c2ccc(N(c3ccccc3)c3ccc4c(c3)C3(c5ccccc5-4)c4ccccc4C(c4ccccc4)(c4ccccc4)c4ccccc43)cc21. The van der Waals surface area contributed by atoms with Gasteiger partial charge < -0.3 is 9.80 Å². The summed E-state index contributed by atoms with van der Waals surface area (Å²) >= 11 is 0. The Morgan fingerprint density at radius 2 is 0.333 bits per heavy atom. The first kappa shape index (κ1) is 74.6. The molecule has 2 nitrogen and oxygen atoms in total. The lowest BCUT2D eigenvalue weighted by Crippen LogP contribution is -2.44. The monoisotopic (exact) mass is 1610 g/mol. The highest BCUT2D eigenvalue weighted by Gasteiger charge is 2.59. The van der Waals surface area contributed by atoms with Gasteiger partial charge in [0.05, 0.1) is 21.7 Å². The van der Waals surface area contributed by atoms with Crippen molar-refractivity contribution in [2.24, 2.45) is 0 Å². The first-order chi connectivity index (χ1) is 62.0. The number of nitrogens with zero attached hydrogens (tertiary/aromatic N) is 2. The third-order valence-electron chi connectivity index (χ3n) is 29.2. The van der Waals surface area contributed by atoms with Crippen LogP contribution in [-0.2, 0) is 32.5 Å². The molecular formula is C124H90N2. The van der Waals surface area contributed by atoms with Gasteiger partial charge in [0, 0.05) is 45.0 Å². The van der Waals surface area contributed by atoms with Crippen LogP contribution in [0.2, 0.25) is 0 Å². The molecule has 19 aromatic rings. The minimum Gasteiger partial charge on any atom is -0.310 e. The minimum absolute atomic E-state index is 0.118. The average Bonchev–Trinajstić information content (AvgIpc) is 1.41. The summed E-state index contributed by atoms with van der Waals surface area (Å²) in [6.45, 7) is 9.49. The second-order valence-electron chi connectivity index (χ2n) is 35.9. The molecule has 2 spiro atoms. The highest BCUT2D eigenvalue weighted by molar-refractivity contribution is 5.96. The van der Waals surface area contributed by atoms with E-state index in [-0.39, 0.29) is 10.8 Å². The number of benzene rings is 19. The van der Waals surface area contributed by atoms with Crippen LogP contribution in [0.5, 0.6) is 0 Å². The molecule has 0 heterocycles. The Bertz CT molecular complexity index is 7330. The Labute approximate surface area is 739 Å². The third kappa shape index (κ3) is 10.5. The van der Waals surface area contributed by atoms with Gasteiger partial charge in [-0.3, -0.25) is 0 Å². The summed E-state index contributed by atoms with van der Waals surface area (Å²) in [7, 11) is 0. The lowest BCUT2D eigenvalue weighted by atomic mass is 9.51. The van der Waals surface area contributed by atoms with Crippen molar-refractivity contribution in [3.05, 3.63) is 584 Å². The maximum atomic E-state index is 2.53. The molecule has 0 atom stereocenters. The zero-order chi connectivity index (χ0) is 84.1. The van der Waals surface area contributed by atoms with Crippen LogP contribution >= 0.6 is 0 Å². The average molecular weight is 1610 g/mol. The molecule has 0 aromatic heterocycles. The van der Waals surface area contributed by atoms with Crippen LogP contribution in [0.4, 0.5) is 34.1 Å². The molecule has 0 amide bonds. The van der Waals surface area contributed by atoms with Crippen molar-refractivity contribution in [3.63, 3.8) is 0 Å². The van der Waals surface area contributed by atoms with Crippen molar-refractivity contribution in [1.29, 1.82) is 0 Å². The van der Waals surface area contributed by atoms with E-state index >= 15 is 0 Å². The zero-order valence-electron chi connectivity index (χ0n) is 70.9. The number of fused-ring (bicyclic) bond motifs is 24. The van der Waals surface area contributed by atoms with Crippen molar-refractivity contribution < 1.29 is 0 Å². The van der Waals surface area contributed by atoms with Gasteiger partial charge in [-0.15, -0.1) is 0 Å². The Balaban J connectivity index is 0.000000142. The Hall–Kier alpha value is -15.2. The molecule has 2 heteroatoms. The van der Waals surface area contributed by atoms with Gasteiger partial charge in [0.2, 0.25) is 0 Å². The molecule has 0 unspecified atom stereocenters. The Morgan fingerprint density at radius 3 is 0.643 bits per heavy atom. The van der Waals surface area contributed by atoms with Crippen LogP contribution in [0.1, 0.15) is 139 Å². The van der Waals surface area contributed by atoms with Gasteiger partial charge in [-0.2, -0.15) is 0 Å². The molecule has 596 valence electrons. The van der Waals surface area contributed by atoms with Gasteiger partial charge in [-0.1, -0.05) is 428 Å². The van der Waals surface area contributed by atoms with E-state index in [9.17, 15) is 0 Å². The quantitative estimate of drug-likeness (QED) is 0.127. The lowest BCUT2D eigenvalue weighted by molar-refractivity contribution is 0.623. The van der Waals surface area contributed by atoms with Crippen molar-refractivity contribution in [1.82, 2.24) is 0 Å². The van der Waals surface area contributed by atoms with E-state index in [4.69, 9.17) is 0 Å². The van der Waals surface area contributed by atoms with Crippen molar-refractivity contribution >= 4 is 34.1 Å². The summed E-state index contributed by atoms with van der Waals surface area (Å²) in [5.41, 5.74) is 43.4. The third-order valence-corrected chi connectivity index (χ3v) is 29.2. The molecule has 6 aliphatic carbocycles. The lowest BCUT2D eigenvalue weighted by Gasteiger charge is -2.50. The van der Waals surface area contributed by atoms with Crippen molar-refractivity contribution in [3.8, 4) is 55.6 Å². The summed E-state index contributed by atoms with van der Waals surface area (Å²) in [5, 5.41) is 0. The predicted molar refractivity (Wildman–Crippen MR) is 521 cm³/mol. The predicted octanol–water partition coefficient (Wildman–Crippen LogP) is 30.7. The van der Waals surface area contributed by atoms with Crippen LogP contribution in [0.3, 0.4) is 0 Å². The molecule has 0 radical (unpaired) electrons. The first-order valence-corrected chi connectivity index (χ1v) is 44.4. The summed E-state index contributed by atoms with van der Waals surface area (Å²) < 4.78 is 0. The van der Waals surface area contributed by atoms with E-state index in [2.05, 4.69) is 511 Å². The molecular weight excluding hydrogens is 1520 g/mol. The van der Waals surface area contributed by atoms with Crippen LogP contribution < -0.4 is 9.80 Å². The van der Waals surface area contributed by atoms with E-state index in [0.717, 1.165) is 34.1 Å². The fraction of sp³-hybridized carbons (Fsp3) is 0.0806. The zero-order valence-corrected chi connectivity index (χ0v) is 70.9. The largest absolute Gasteiger partial charge is 0.310 e. The van der Waals surface area contributed by atoms with Gasteiger partial charge in [-0.05, 0) is 240 Å². The maximum Gasteiger partial charge on any atom is 0.0720 e. The fourth-order valence-corrected chi connectivity index (χ4v) is 24.0. The number of para-hydroxylation sites is 1. The molecule has 25 rings (SSSR count). The highest BCUT2D eigenvalue weighted by atomic mass is 15.1. The molecule has 0 fully saturated rings. The van der Waals surface area contributed by atoms with Gasteiger partial charge in [0.1, 0.15) is 0 Å².